The third-order valence-electron chi connectivity index (χ3n) is 6.76. The molecule has 0 N–H and O–H groups in total. The van der Waals surface area contributed by atoms with Gasteiger partial charge in [-0.3, -0.25) is 0 Å². The standard InChI is InChI=1S/C27H29BN2O2S/c1-26(2)27(3,4)32-28(31-26)20-16-14-19(15-17-20)18-30(5)23-12-8-6-10-21(23)25-29-22-11-7-9-13-24(22)33-25/h6-17H,18H2,1-5H3. The molecule has 4 aromatic rings. The van der Waals surface area contributed by atoms with E-state index in [1.54, 1.807) is 11.3 Å². The van der Waals surface area contributed by atoms with E-state index in [0.717, 1.165) is 28.1 Å². The fraction of sp³-hybridized carbons (Fsp3) is 0.296. The minimum Gasteiger partial charge on any atom is -0.399 e. The number of rotatable bonds is 5. The van der Waals surface area contributed by atoms with Gasteiger partial charge in [-0.25, -0.2) is 4.98 Å². The van der Waals surface area contributed by atoms with Crippen LogP contribution in [0.3, 0.4) is 0 Å². The van der Waals surface area contributed by atoms with Gasteiger partial charge in [0.2, 0.25) is 0 Å². The third kappa shape index (κ3) is 4.19. The molecule has 0 bridgehead atoms. The lowest BCUT2D eigenvalue weighted by Crippen LogP contribution is -2.41. The molecule has 0 aliphatic carbocycles. The summed E-state index contributed by atoms with van der Waals surface area (Å²) in [7, 11) is 1.80. The Bertz CT molecular complexity index is 1230. The molecular formula is C27H29BN2O2S. The van der Waals surface area contributed by atoms with E-state index in [1.807, 2.05) is 6.07 Å². The molecule has 0 atom stereocenters. The summed E-state index contributed by atoms with van der Waals surface area (Å²) < 4.78 is 13.6. The zero-order valence-electron chi connectivity index (χ0n) is 19.8. The lowest BCUT2D eigenvalue weighted by atomic mass is 9.79. The Morgan fingerprint density at radius 2 is 1.48 bits per heavy atom. The highest BCUT2D eigenvalue weighted by Crippen LogP contribution is 2.37. The van der Waals surface area contributed by atoms with Crippen LogP contribution in [-0.4, -0.2) is 30.4 Å². The predicted octanol–water partition coefficient (Wildman–Crippen LogP) is 5.90. The zero-order valence-corrected chi connectivity index (χ0v) is 20.6. The summed E-state index contributed by atoms with van der Waals surface area (Å²) in [4.78, 5) is 7.16. The smallest absolute Gasteiger partial charge is 0.399 e. The van der Waals surface area contributed by atoms with Crippen LogP contribution in [0.5, 0.6) is 0 Å². The second kappa shape index (κ2) is 8.28. The molecule has 5 rings (SSSR count). The van der Waals surface area contributed by atoms with Crippen LogP contribution in [-0.2, 0) is 15.9 Å². The van der Waals surface area contributed by atoms with Crippen molar-refractivity contribution in [3.8, 4) is 10.6 Å². The number of hydrogen-bond acceptors (Lipinski definition) is 5. The minimum absolute atomic E-state index is 0.332. The maximum atomic E-state index is 6.19. The summed E-state index contributed by atoms with van der Waals surface area (Å²) >= 11 is 1.74. The Kier molecular flexibility index (Phi) is 5.56. The van der Waals surface area contributed by atoms with Crippen molar-refractivity contribution < 1.29 is 9.31 Å². The van der Waals surface area contributed by atoms with Crippen LogP contribution in [0.25, 0.3) is 20.8 Å². The van der Waals surface area contributed by atoms with E-state index < -0.39 is 0 Å². The van der Waals surface area contributed by atoms with Gasteiger partial charge in [0.25, 0.3) is 0 Å². The van der Waals surface area contributed by atoms with Crippen molar-refractivity contribution in [2.75, 3.05) is 11.9 Å². The summed E-state index contributed by atoms with van der Waals surface area (Å²) in [5.41, 5.74) is 5.00. The van der Waals surface area contributed by atoms with Crippen LogP contribution >= 0.6 is 11.3 Å². The monoisotopic (exact) mass is 456 g/mol. The molecule has 0 spiro atoms. The van der Waals surface area contributed by atoms with E-state index in [2.05, 4.69) is 106 Å². The highest BCUT2D eigenvalue weighted by molar-refractivity contribution is 7.21. The second-order valence-corrected chi connectivity index (χ2v) is 10.7. The fourth-order valence-corrected chi connectivity index (χ4v) is 5.09. The van der Waals surface area contributed by atoms with Crippen molar-refractivity contribution in [3.63, 3.8) is 0 Å². The molecule has 1 fully saturated rings. The molecule has 168 valence electrons. The average molecular weight is 456 g/mol. The van der Waals surface area contributed by atoms with Crippen LogP contribution in [0, 0.1) is 0 Å². The van der Waals surface area contributed by atoms with Crippen molar-refractivity contribution in [1.29, 1.82) is 0 Å². The van der Waals surface area contributed by atoms with E-state index in [4.69, 9.17) is 14.3 Å². The van der Waals surface area contributed by atoms with Crippen LogP contribution in [0.15, 0.2) is 72.8 Å². The normalized spacial score (nSPS) is 16.9. The molecule has 33 heavy (non-hydrogen) atoms. The highest BCUT2D eigenvalue weighted by atomic mass is 32.1. The Morgan fingerprint density at radius 1 is 0.848 bits per heavy atom. The maximum Gasteiger partial charge on any atom is 0.494 e. The van der Waals surface area contributed by atoms with Crippen molar-refractivity contribution in [2.24, 2.45) is 0 Å². The third-order valence-corrected chi connectivity index (χ3v) is 7.83. The Morgan fingerprint density at radius 3 is 2.18 bits per heavy atom. The van der Waals surface area contributed by atoms with Crippen LogP contribution < -0.4 is 10.4 Å². The number of anilines is 1. The lowest BCUT2D eigenvalue weighted by molar-refractivity contribution is 0.00578. The molecule has 4 nitrogen and oxygen atoms in total. The van der Waals surface area contributed by atoms with Gasteiger partial charge >= 0.3 is 7.12 Å². The van der Waals surface area contributed by atoms with E-state index in [9.17, 15) is 0 Å². The van der Waals surface area contributed by atoms with Gasteiger partial charge in [-0.05, 0) is 63.0 Å². The number of fused-ring (bicyclic) bond motifs is 1. The van der Waals surface area contributed by atoms with Gasteiger partial charge in [0.1, 0.15) is 5.01 Å². The van der Waals surface area contributed by atoms with Gasteiger partial charge in [0.15, 0.2) is 0 Å². The topological polar surface area (TPSA) is 34.6 Å². The molecule has 1 aliphatic rings. The quantitative estimate of drug-likeness (QED) is 0.351. The van der Waals surface area contributed by atoms with Crippen LogP contribution in [0.1, 0.15) is 33.3 Å². The van der Waals surface area contributed by atoms with Crippen LogP contribution in [0.4, 0.5) is 5.69 Å². The summed E-state index contributed by atoms with van der Waals surface area (Å²) in [6, 6.07) is 25.4. The molecule has 0 radical (unpaired) electrons. The highest BCUT2D eigenvalue weighted by Gasteiger charge is 2.51. The SMILES string of the molecule is CN(Cc1ccc(B2OC(C)(C)C(C)(C)O2)cc1)c1ccccc1-c1nc2ccccc2s1. The molecule has 6 heteroatoms. The average Bonchev–Trinajstić information content (AvgIpc) is 3.31. The summed E-state index contributed by atoms with van der Waals surface area (Å²) in [5.74, 6) is 0. The minimum atomic E-state index is -0.332. The van der Waals surface area contributed by atoms with Crippen molar-refractivity contribution in [2.45, 2.75) is 45.4 Å². The summed E-state index contributed by atoms with van der Waals surface area (Å²) in [6.07, 6.45) is 0. The van der Waals surface area contributed by atoms with E-state index in [-0.39, 0.29) is 18.3 Å². The van der Waals surface area contributed by atoms with Gasteiger partial charge in [-0.2, -0.15) is 0 Å². The van der Waals surface area contributed by atoms with Gasteiger partial charge in [0.05, 0.1) is 21.4 Å². The zero-order chi connectivity index (χ0) is 23.2. The van der Waals surface area contributed by atoms with E-state index in [0.29, 0.717) is 0 Å². The Hall–Kier alpha value is -2.67. The van der Waals surface area contributed by atoms with Gasteiger partial charge in [-0.1, -0.05) is 48.5 Å². The van der Waals surface area contributed by atoms with Crippen molar-refractivity contribution in [1.82, 2.24) is 4.98 Å². The Labute approximate surface area is 200 Å². The first-order valence-electron chi connectivity index (χ1n) is 11.3. The number of benzene rings is 3. The largest absolute Gasteiger partial charge is 0.494 e. The molecule has 0 saturated carbocycles. The van der Waals surface area contributed by atoms with Crippen LogP contribution in [0.2, 0.25) is 0 Å². The maximum absolute atomic E-state index is 6.19. The molecule has 3 aromatic carbocycles. The van der Waals surface area contributed by atoms with Gasteiger partial charge in [-0.15, -0.1) is 11.3 Å². The number of thiazole rings is 1. The molecule has 0 amide bonds. The Balaban J connectivity index is 1.35. The fourth-order valence-electron chi connectivity index (χ4n) is 4.09. The van der Waals surface area contributed by atoms with Crippen molar-refractivity contribution in [3.05, 3.63) is 78.4 Å². The summed E-state index contributed by atoms with van der Waals surface area (Å²) in [6.45, 7) is 9.13. The molecular weight excluding hydrogens is 427 g/mol. The molecule has 0 unspecified atom stereocenters. The van der Waals surface area contributed by atoms with Gasteiger partial charge in [0, 0.05) is 24.8 Å². The lowest BCUT2D eigenvalue weighted by Gasteiger charge is -2.32. The molecule has 1 aliphatic heterocycles. The second-order valence-electron chi connectivity index (χ2n) is 9.69. The number of hydrogen-bond donors (Lipinski definition) is 0. The first kappa shape index (κ1) is 22.1. The number of aromatic nitrogens is 1. The molecule has 1 saturated heterocycles. The predicted molar refractivity (Wildman–Crippen MR) is 139 cm³/mol. The van der Waals surface area contributed by atoms with E-state index >= 15 is 0 Å². The van der Waals surface area contributed by atoms with Crippen molar-refractivity contribution >= 4 is 39.8 Å². The van der Waals surface area contributed by atoms with E-state index in [1.165, 1.54) is 16.0 Å². The first-order chi connectivity index (χ1) is 15.7. The van der Waals surface area contributed by atoms with Gasteiger partial charge < -0.3 is 14.2 Å². The number of para-hydroxylation sites is 2. The summed E-state index contributed by atoms with van der Waals surface area (Å²) in [5, 5.41) is 1.05. The molecule has 1 aromatic heterocycles. The first-order valence-corrected chi connectivity index (χ1v) is 12.2. The number of nitrogens with zero attached hydrogens (tertiary/aromatic N) is 2. The molecule has 2 heterocycles.